The van der Waals surface area contributed by atoms with Crippen LogP contribution in [0.15, 0.2) is 18.2 Å². The van der Waals surface area contributed by atoms with E-state index in [0.717, 1.165) is 12.1 Å². The fourth-order valence-corrected chi connectivity index (χ4v) is 3.00. The Kier molecular flexibility index (Phi) is 5.88. The number of hydrogen-bond acceptors (Lipinski definition) is 3. The molecule has 132 valence electrons. The molecule has 1 aliphatic rings. The molecule has 2 rings (SSSR count). The van der Waals surface area contributed by atoms with Gasteiger partial charge in [-0.25, -0.2) is 8.78 Å². The summed E-state index contributed by atoms with van der Waals surface area (Å²) < 4.78 is 27.3. The van der Waals surface area contributed by atoms with Gasteiger partial charge < -0.3 is 15.3 Å². The Morgan fingerprint density at radius 3 is 2.46 bits per heavy atom. The second kappa shape index (κ2) is 7.70. The largest absolute Gasteiger partial charge is 0.386 e. The van der Waals surface area contributed by atoms with Crippen molar-refractivity contribution in [2.24, 2.45) is 5.92 Å². The summed E-state index contributed by atoms with van der Waals surface area (Å²) in [4.78, 5) is 25.8. The summed E-state index contributed by atoms with van der Waals surface area (Å²) in [5, 5.41) is 12.5. The number of likely N-dealkylation sites (tertiary alicyclic amines) is 1. The van der Waals surface area contributed by atoms with Crippen LogP contribution in [0.4, 0.5) is 8.78 Å². The molecule has 1 heterocycles. The van der Waals surface area contributed by atoms with Crippen LogP contribution in [-0.2, 0) is 9.59 Å². The van der Waals surface area contributed by atoms with Gasteiger partial charge in [0.25, 0.3) is 0 Å². The highest BCUT2D eigenvalue weighted by Gasteiger charge is 2.35. The maximum Gasteiger partial charge on any atom is 0.243 e. The standard InChI is InChI=1S/C17H22F2N2O3/c1-10(2)16(21-8-4-7-14(21)23)17(24)20-9-13(22)15-11(18)5-3-6-12(15)19/h3,5-6,10,13,16,22H,4,7-9H2,1-2H3,(H,20,24). The maximum absolute atomic E-state index is 13.6. The van der Waals surface area contributed by atoms with Gasteiger partial charge in [-0.2, -0.15) is 0 Å². The van der Waals surface area contributed by atoms with E-state index in [0.29, 0.717) is 19.4 Å². The molecule has 0 radical (unpaired) electrons. The molecule has 2 unspecified atom stereocenters. The Morgan fingerprint density at radius 2 is 1.96 bits per heavy atom. The normalized spacial score (nSPS) is 17.2. The molecule has 0 spiro atoms. The summed E-state index contributed by atoms with van der Waals surface area (Å²) in [6, 6.07) is 2.64. The van der Waals surface area contributed by atoms with E-state index in [1.165, 1.54) is 11.0 Å². The third kappa shape index (κ3) is 3.90. The van der Waals surface area contributed by atoms with E-state index in [1.807, 2.05) is 13.8 Å². The molecule has 0 aromatic heterocycles. The van der Waals surface area contributed by atoms with Crippen molar-refractivity contribution in [1.29, 1.82) is 0 Å². The van der Waals surface area contributed by atoms with Gasteiger partial charge in [-0.1, -0.05) is 19.9 Å². The highest BCUT2D eigenvalue weighted by Crippen LogP contribution is 2.21. The van der Waals surface area contributed by atoms with Gasteiger partial charge in [0.05, 0.1) is 5.56 Å². The molecule has 1 aliphatic heterocycles. The van der Waals surface area contributed by atoms with Gasteiger partial charge in [0.15, 0.2) is 0 Å². The minimum atomic E-state index is -1.50. The Morgan fingerprint density at radius 1 is 1.33 bits per heavy atom. The van der Waals surface area contributed by atoms with E-state index in [1.54, 1.807) is 0 Å². The lowest BCUT2D eigenvalue weighted by Gasteiger charge is -2.30. The molecule has 7 heteroatoms. The molecule has 0 aliphatic carbocycles. The number of benzene rings is 1. The molecule has 1 aromatic carbocycles. The number of aliphatic hydroxyl groups is 1. The predicted octanol–water partition coefficient (Wildman–Crippen LogP) is 1.76. The lowest BCUT2D eigenvalue weighted by atomic mass is 10.0. The second-order valence-corrected chi connectivity index (χ2v) is 6.28. The molecular weight excluding hydrogens is 318 g/mol. The van der Waals surface area contributed by atoms with Crippen molar-refractivity contribution >= 4 is 11.8 Å². The van der Waals surface area contributed by atoms with Crippen molar-refractivity contribution in [2.45, 2.75) is 38.8 Å². The van der Waals surface area contributed by atoms with Crippen molar-refractivity contribution < 1.29 is 23.5 Å². The Bertz CT molecular complexity index is 602. The van der Waals surface area contributed by atoms with Gasteiger partial charge in [-0.3, -0.25) is 9.59 Å². The topological polar surface area (TPSA) is 69.6 Å². The predicted molar refractivity (Wildman–Crippen MR) is 83.9 cm³/mol. The van der Waals surface area contributed by atoms with Gasteiger partial charge in [-0.05, 0) is 24.5 Å². The van der Waals surface area contributed by atoms with Crippen LogP contribution >= 0.6 is 0 Å². The molecule has 1 saturated heterocycles. The lowest BCUT2D eigenvalue weighted by molar-refractivity contribution is -0.139. The minimum Gasteiger partial charge on any atom is -0.386 e. The molecule has 0 bridgehead atoms. The number of hydrogen-bond donors (Lipinski definition) is 2. The van der Waals surface area contributed by atoms with Crippen LogP contribution in [0, 0.1) is 17.6 Å². The zero-order valence-electron chi connectivity index (χ0n) is 13.8. The van der Waals surface area contributed by atoms with Crippen LogP contribution < -0.4 is 5.32 Å². The molecule has 1 fully saturated rings. The summed E-state index contributed by atoms with van der Waals surface area (Å²) >= 11 is 0. The minimum absolute atomic E-state index is 0.0791. The second-order valence-electron chi connectivity index (χ2n) is 6.28. The first-order valence-electron chi connectivity index (χ1n) is 8.02. The highest BCUT2D eigenvalue weighted by molar-refractivity contribution is 5.88. The summed E-state index contributed by atoms with van der Waals surface area (Å²) in [5.41, 5.74) is -0.476. The average Bonchev–Trinajstić information content (AvgIpc) is 2.91. The Labute approximate surface area is 139 Å². The zero-order valence-corrected chi connectivity index (χ0v) is 13.8. The van der Waals surface area contributed by atoms with E-state index < -0.39 is 35.3 Å². The summed E-state index contributed by atoms with van der Waals surface area (Å²) in [6.45, 7) is 3.83. The molecule has 24 heavy (non-hydrogen) atoms. The first kappa shape index (κ1) is 18.3. The van der Waals surface area contributed by atoms with Crippen molar-refractivity contribution in [2.75, 3.05) is 13.1 Å². The summed E-state index contributed by atoms with van der Waals surface area (Å²) in [5.74, 6) is -2.37. The van der Waals surface area contributed by atoms with Gasteiger partial charge >= 0.3 is 0 Å². The van der Waals surface area contributed by atoms with Crippen LogP contribution in [0.5, 0.6) is 0 Å². The molecule has 0 saturated carbocycles. The third-order valence-electron chi connectivity index (χ3n) is 4.15. The van der Waals surface area contributed by atoms with Gasteiger partial charge in [0, 0.05) is 19.5 Å². The van der Waals surface area contributed by atoms with Crippen LogP contribution in [0.3, 0.4) is 0 Å². The van der Waals surface area contributed by atoms with E-state index in [4.69, 9.17) is 0 Å². The molecule has 2 N–H and O–H groups in total. The third-order valence-corrected chi connectivity index (χ3v) is 4.15. The summed E-state index contributed by atoms with van der Waals surface area (Å²) in [6.07, 6.45) is -0.380. The number of amides is 2. The average molecular weight is 340 g/mol. The molecule has 2 atom stereocenters. The van der Waals surface area contributed by atoms with E-state index in [2.05, 4.69) is 5.32 Å². The number of nitrogens with one attached hydrogen (secondary N) is 1. The lowest BCUT2D eigenvalue weighted by Crippen LogP contribution is -2.51. The number of carbonyl (C=O) groups excluding carboxylic acids is 2. The van der Waals surface area contributed by atoms with E-state index in [-0.39, 0.29) is 18.4 Å². The quantitative estimate of drug-likeness (QED) is 0.829. The van der Waals surface area contributed by atoms with Gasteiger partial charge in [0.2, 0.25) is 11.8 Å². The molecule has 2 amide bonds. The summed E-state index contributed by atoms with van der Waals surface area (Å²) in [7, 11) is 0. The van der Waals surface area contributed by atoms with Gasteiger partial charge in [-0.15, -0.1) is 0 Å². The molecule has 5 nitrogen and oxygen atoms in total. The Balaban J connectivity index is 2.04. The number of aliphatic hydroxyl groups excluding tert-OH is 1. The van der Waals surface area contributed by atoms with E-state index in [9.17, 15) is 23.5 Å². The molecule has 1 aromatic rings. The fourth-order valence-electron chi connectivity index (χ4n) is 3.00. The highest BCUT2D eigenvalue weighted by atomic mass is 19.1. The fraction of sp³-hybridized carbons (Fsp3) is 0.529. The zero-order chi connectivity index (χ0) is 17.9. The van der Waals surface area contributed by atoms with Gasteiger partial charge in [0.1, 0.15) is 23.8 Å². The number of nitrogens with zero attached hydrogens (tertiary/aromatic N) is 1. The smallest absolute Gasteiger partial charge is 0.243 e. The number of carbonyl (C=O) groups is 2. The Hall–Kier alpha value is -2.02. The van der Waals surface area contributed by atoms with Crippen molar-refractivity contribution in [3.05, 3.63) is 35.4 Å². The van der Waals surface area contributed by atoms with Crippen molar-refractivity contribution in [3.63, 3.8) is 0 Å². The first-order valence-corrected chi connectivity index (χ1v) is 8.02. The molecular formula is C17H22F2N2O3. The first-order chi connectivity index (χ1) is 11.3. The SMILES string of the molecule is CC(C)C(C(=O)NCC(O)c1c(F)cccc1F)N1CCCC1=O. The maximum atomic E-state index is 13.6. The van der Waals surface area contributed by atoms with Crippen LogP contribution in [0.1, 0.15) is 38.4 Å². The van der Waals surface area contributed by atoms with Crippen LogP contribution in [0.25, 0.3) is 0 Å². The number of halogens is 2. The van der Waals surface area contributed by atoms with Crippen molar-refractivity contribution in [3.8, 4) is 0 Å². The van der Waals surface area contributed by atoms with Crippen LogP contribution in [-0.4, -0.2) is 41.0 Å². The van der Waals surface area contributed by atoms with Crippen LogP contribution in [0.2, 0.25) is 0 Å². The van der Waals surface area contributed by atoms with E-state index >= 15 is 0 Å². The monoisotopic (exact) mass is 340 g/mol. The number of rotatable bonds is 6. The van der Waals surface area contributed by atoms with Crippen molar-refractivity contribution in [1.82, 2.24) is 10.2 Å².